The van der Waals surface area contributed by atoms with Crippen LogP contribution in [0.4, 0.5) is 17.1 Å². The van der Waals surface area contributed by atoms with E-state index in [0.717, 1.165) is 4.90 Å². The molecule has 0 radical (unpaired) electrons. The molecular formula is C24H18ClN3O5. The van der Waals surface area contributed by atoms with E-state index in [0.29, 0.717) is 33.3 Å². The molecule has 0 saturated carbocycles. The van der Waals surface area contributed by atoms with Gasteiger partial charge in [0.15, 0.2) is 0 Å². The minimum Gasteiger partial charge on any atom is -0.497 e. The lowest BCUT2D eigenvalue weighted by Gasteiger charge is -2.16. The number of imide groups is 1. The summed E-state index contributed by atoms with van der Waals surface area (Å²) in [7, 11) is 1.49. The molecule has 1 heterocycles. The summed E-state index contributed by atoms with van der Waals surface area (Å²) in [4.78, 5) is 38.5. The van der Waals surface area contributed by atoms with Crippen LogP contribution in [0.5, 0.6) is 5.75 Å². The molecule has 0 unspecified atom stereocenters. The number of halogens is 1. The highest BCUT2D eigenvalue weighted by Crippen LogP contribution is 2.36. The highest BCUT2D eigenvalue weighted by atomic mass is 35.5. The Labute approximate surface area is 194 Å². The molecular weight excluding hydrogens is 446 g/mol. The minimum atomic E-state index is -0.569. The van der Waals surface area contributed by atoms with Crippen molar-refractivity contribution in [3.63, 3.8) is 0 Å². The highest BCUT2D eigenvalue weighted by Gasteiger charge is 2.40. The number of ether oxygens (including phenoxy) is 1. The van der Waals surface area contributed by atoms with Crippen LogP contribution in [-0.4, -0.2) is 23.8 Å². The van der Waals surface area contributed by atoms with Crippen molar-refractivity contribution in [3.8, 4) is 5.75 Å². The third kappa shape index (κ3) is 4.04. The van der Waals surface area contributed by atoms with Gasteiger partial charge in [-0.1, -0.05) is 23.7 Å². The predicted molar refractivity (Wildman–Crippen MR) is 125 cm³/mol. The van der Waals surface area contributed by atoms with E-state index in [1.165, 1.54) is 31.4 Å². The van der Waals surface area contributed by atoms with Crippen molar-refractivity contribution in [2.24, 2.45) is 0 Å². The first-order valence-corrected chi connectivity index (χ1v) is 10.2. The Hall–Kier alpha value is -4.17. The normalized spacial score (nSPS) is 13.5. The van der Waals surface area contributed by atoms with E-state index >= 15 is 0 Å². The van der Waals surface area contributed by atoms with Gasteiger partial charge in [-0.15, -0.1) is 0 Å². The van der Waals surface area contributed by atoms with Crippen molar-refractivity contribution in [2.45, 2.75) is 6.92 Å². The Morgan fingerprint density at radius 1 is 1.00 bits per heavy atom. The number of amides is 2. The van der Waals surface area contributed by atoms with Crippen LogP contribution >= 0.6 is 11.6 Å². The van der Waals surface area contributed by atoms with Gasteiger partial charge in [0.05, 0.1) is 23.3 Å². The van der Waals surface area contributed by atoms with E-state index in [9.17, 15) is 19.7 Å². The van der Waals surface area contributed by atoms with Crippen LogP contribution in [0.15, 0.2) is 72.4 Å². The van der Waals surface area contributed by atoms with Gasteiger partial charge < -0.3 is 10.1 Å². The number of carbonyl (C=O) groups is 2. The number of carbonyl (C=O) groups excluding carboxylic acids is 2. The number of nitrogens with zero attached hydrogens (tertiary/aromatic N) is 2. The van der Waals surface area contributed by atoms with Crippen LogP contribution in [0, 0.1) is 17.0 Å². The predicted octanol–water partition coefficient (Wildman–Crippen LogP) is 4.96. The molecule has 166 valence electrons. The summed E-state index contributed by atoms with van der Waals surface area (Å²) in [5.41, 5.74) is 1.98. The molecule has 1 aliphatic heterocycles. The van der Waals surface area contributed by atoms with E-state index in [1.807, 2.05) is 0 Å². The molecule has 33 heavy (non-hydrogen) atoms. The fourth-order valence-electron chi connectivity index (χ4n) is 3.52. The fraction of sp³-hybridized carbons (Fsp3) is 0.0833. The lowest BCUT2D eigenvalue weighted by molar-refractivity contribution is -0.384. The zero-order valence-corrected chi connectivity index (χ0v) is 18.4. The average molecular weight is 464 g/mol. The molecule has 0 bridgehead atoms. The molecule has 0 aromatic heterocycles. The van der Waals surface area contributed by atoms with E-state index < -0.39 is 16.7 Å². The SMILES string of the molecule is COc1cccc(N2C(=O)C(Nc3cccc(Cl)c3C)=C(c3ccc([N+](=O)[O-])cc3)C2=O)c1. The Morgan fingerprint density at radius 3 is 2.36 bits per heavy atom. The minimum absolute atomic E-state index is 0.0436. The van der Waals surface area contributed by atoms with Crippen LogP contribution in [0.2, 0.25) is 5.02 Å². The van der Waals surface area contributed by atoms with Gasteiger partial charge >= 0.3 is 0 Å². The van der Waals surface area contributed by atoms with E-state index in [1.54, 1.807) is 49.4 Å². The number of hydrogen-bond donors (Lipinski definition) is 1. The first-order valence-electron chi connectivity index (χ1n) is 9.86. The van der Waals surface area contributed by atoms with Crippen LogP contribution in [-0.2, 0) is 9.59 Å². The number of rotatable bonds is 6. The van der Waals surface area contributed by atoms with Crippen molar-refractivity contribution in [3.05, 3.63) is 98.7 Å². The van der Waals surface area contributed by atoms with Gasteiger partial charge in [0.2, 0.25) is 0 Å². The third-order valence-electron chi connectivity index (χ3n) is 5.29. The molecule has 1 N–H and O–H groups in total. The number of nitrogens with one attached hydrogen (secondary N) is 1. The second-order valence-electron chi connectivity index (χ2n) is 7.24. The summed E-state index contributed by atoms with van der Waals surface area (Å²) in [5, 5.41) is 14.6. The summed E-state index contributed by atoms with van der Waals surface area (Å²) in [6.45, 7) is 1.79. The van der Waals surface area contributed by atoms with Crippen molar-refractivity contribution < 1.29 is 19.2 Å². The summed E-state index contributed by atoms with van der Waals surface area (Å²) >= 11 is 6.23. The second kappa shape index (κ2) is 8.76. The molecule has 8 nitrogen and oxygen atoms in total. The van der Waals surface area contributed by atoms with E-state index in [2.05, 4.69) is 5.32 Å². The Kier molecular flexibility index (Phi) is 5.85. The number of benzene rings is 3. The van der Waals surface area contributed by atoms with Gasteiger partial charge in [-0.25, -0.2) is 4.90 Å². The second-order valence-corrected chi connectivity index (χ2v) is 7.65. The van der Waals surface area contributed by atoms with Crippen molar-refractivity contribution >= 4 is 46.1 Å². The number of methoxy groups -OCH3 is 1. The van der Waals surface area contributed by atoms with Crippen LogP contribution < -0.4 is 15.0 Å². The Bertz CT molecular complexity index is 1320. The molecule has 2 amide bonds. The molecule has 3 aromatic rings. The van der Waals surface area contributed by atoms with Crippen molar-refractivity contribution in [2.75, 3.05) is 17.3 Å². The smallest absolute Gasteiger partial charge is 0.282 e. The number of nitro benzene ring substituents is 1. The average Bonchev–Trinajstić information content (AvgIpc) is 3.06. The van der Waals surface area contributed by atoms with Crippen LogP contribution in [0.25, 0.3) is 5.57 Å². The van der Waals surface area contributed by atoms with Crippen molar-refractivity contribution in [1.29, 1.82) is 0 Å². The maximum atomic E-state index is 13.5. The topological polar surface area (TPSA) is 102 Å². The van der Waals surface area contributed by atoms with Gasteiger partial charge in [0.25, 0.3) is 17.5 Å². The molecule has 4 rings (SSSR count). The quantitative estimate of drug-likeness (QED) is 0.315. The molecule has 0 atom stereocenters. The first-order chi connectivity index (χ1) is 15.8. The monoisotopic (exact) mass is 463 g/mol. The maximum Gasteiger partial charge on any atom is 0.282 e. The molecule has 0 fully saturated rings. The maximum absolute atomic E-state index is 13.5. The summed E-state index contributed by atoms with van der Waals surface area (Å²) in [5.74, 6) is -0.651. The standard InChI is InChI=1S/C24H18ClN3O5/c1-14-19(25)7-4-8-20(14)26-22-21(15-9-11-16(12-10-15)28(31)32)23(29)27(24(22)30)17-5-3-6-18(13-17)33-2/h3-13,26H,1-2H3. The summed E-state index contributed by atoms with van der Waals surface area (Å²) in [6.07, 6.45) is 0. The fourth-order valence-corrected chi connectivity index (χ4v) is 3.70. The molecule has 0 saturated heterocycles. The van der Waals surface area contributed by atoms with Crippen LogP contribution in [0.1, 0.15) is 11.1 Å². The molecule has 9 heteroatoms. The van der Waals surface area contributed by atoms with Gasteiger partial charge in [-0.2, -0.15) is 0 Å². The lowest BCUT2D eigenvalue weighted by Crippen LogP contribution is -2.32. The van der Waals surface area contributed by atoms with Gasteiger partial charge in [0, 0.05) is 28.9 Å². The van der Waals surface area contributed by atoms with Crippen molar-refractivity contribution in [1.82, 2.24) is 0 Å². The molecule has 0 aliphatic carbocycles. The summed E-state index contributed by atoms with van der Waals surface area (Å²) < 4.78 is 5.23. The zero-order valence-electron chi connectivity index (χ0n) is 17.7. The van der Waals surface area contributed by atoms with E-state index in [-0.39, 0.29) is 17.0 Å². The zero-order chi connectivity index (χ0) is 23.7. The van der Waals surface area contributed by atoms with Gasteiger partial charge in [0.1, 0.15) is 11.4 Å². The molecule has 0 spiro atoms. The highest BCUT2D eigenvalue weighted by molar-refractivity contribution is 6.46. The molecule has 1 aliphatic rings. The van der Waals surface area contributed by atoms with Gasteiger partial charge in [-0.05, 0) is 54.4 Å². The third-order valence-corrected chi connectivity index (χ3v) is 5.70. The first kappa shape index (κ1) is 22.0. The van der Waals surface area contributed by atoms with Gasteiger partial charge in [-0.3, -0.25) is 19.7 Å². The summed E-state index contributed by atoms with van der Waals surface area (Å²) in [6, 6.07) is 17.2. The number of nitro groups is 1. The number of hydrogen-bond acceptors (Lipinski definition) is 6. The lowest BCUT2D eigenvalue weighted by atomic mass is 10.0. The largest absolute Gasteiger partial charge is 0.497 e. The van der Waals surface area contributed by atoms with Crippen LogP contribution in [0.3, 0.4) is 0 Å². The van der Waals surface area contributed by atoms with E-state index in [4.69, 9.17) is 16.3 Å². The molecule has 3 aromatic carbocycles. The Morgan fingerprint density at radius 2 is 1.70 bits per heavy atom. The number of anilines is 2. The Balaban J connectivity index is 1.84. The number of non-ortho nitro benzene ring substituents is 1.